The van der Waals surface area contributed by atoms with Gasteiger partial charge in [-0.2, -0.15) is 0 Å². The highest BCUT2D eigenvalue weighted by Gasteiger charge is 2.13. The summed E-state index contributed by atoms with van der Waals surface area (Å²) in [5.41, 5.74) is 1.99. The second-order valence-corrected chi connectivity index (χ2v) is 4.68. The van der Waals surface area contributed by atoms with Gasteiger partial charge >= 0.3 is 0 Å². The molecule has 1 aromatic rings. The molecule has 0 spiro atoms. The van der Waals surface area contributed by atoms with E-state index in [-0.39, 0.29) is 4.90 Å². The van der Waals surface area contributed by atoms with Gasteiger partial charge in [0.1, 0.15) is 0 Å². The van der Waals surface area contributed by atoms with Crippen molar-refractivity contribution >= 4 is 10.0 Å². The summed E-state index contributed by atoms with van der Waals surface area (Å²) in [6, 6.07) is 4.92. The van der Waals surface area contributed by atoms with Gasteiger partial charge in [-0.1, -0.05) is 11.0 Å². The normalized spacial score (nSPS) is 11.6. The van der Waals surface area contributed by atoms with E-state index in [4.69, 9.17) is 0 Å². The van der Waals surface area contributed by atoms with Gasteiger partial charge in [0.05, 0.1) is 12.0 Å². The first kappa shape index (κ1) is 11.2. The first-order valence-corrected chi connectivity index (χ1v) is 5.58. The summed E-state index contributed by atoms with van der Waals surface area (Å²) in [4.78, 5) is 6.56. The summed E-state index contributed by atoms with van der Waals surface area (Å²) in [6.45, 7) is 3.79. The van der Waals surface area contributed by atoms with Crippen molar-refractivity contribution in [3.8, 4) is 0 Å². The number of aryl methyl sites for hydroxylation is 2. The van der Waals surface area contributed by atoms with Crippen molar-refractivity contribution < 1.29 is 13.3 Å². The standard InChI is InChI=1S/C9H13NO3S/c1-7-4-5-9(6-8(7)2)14(11,12)10-13-3/h4-6,10H,1-3H3. The molecule has 14 heavy (non-hydrogen) atoms. The monoisotopic (exact) mass is 215 g/mol. The molecule has 5 heteroatoms. The lowest BCUT2D eigenvalue weighted by Gasteiger charge is -2.06. The van der Waals surface area contributed by atoms with Crippen LogP contribution in [0.15, 0.2) is 23.1 Å². The van der Waals surface area contributed by atoms with Crippen LogP contribution in [0.1, 0.15) is 11.1 Å². The Labute approximate surface area is 83.9 Å². The summed E-state index contributed by atoms with van der Waals surface area (Å²) in [5.74, 6) is 0. The molecule has 1 aromatic carbocycles. The first-order chi connectivity index (χ1) is 6.47. The second kappa shape index (κ2) is 4.08. The molecule has 0 bridgehead atoms. The maximum absolute atomic E-state index is 11.5. The Morgan fingerprint density at radius 3 is 2.36 bits per heavy atom. The average molecular weight is 215 g/mol. The third-order valence-corrected chi connectivity index (χ3v) is 3.24. The minimum Gasteiger partial charge on any atom is -0.290 e. The van der Waals surface area contributed by atoms with Gasteiger partial charge in [-0.3, -0.25) is 4.84 Å². The van der Waals surface area contributed by atoms with Crippen LogP contribution in [0, 0.1) is 13.8 Å². The minimum absolute atomic E-state index is 0.211. The molecule has 0 saturated heterocycles. The maximum Gasteiger partial charge on any atom is 0.262 e. The van der Waals surface area contributed by atoms with Crippen molar-refractivity contribution in [3.63, 3.8) is 0 Å². The van der Waals surface area contributed by atoms with Crippen molar-refractivity contribution in [3.05, 3.63) is 29.3 Å². The predicted molar refractivity (Wildman–Crippen MR) is 53.2 cm³/mol. The summed E-state index contributed by atoms with van der Waals surface area (Å²) >= 11 is 0. The Morgan fingerprint density at radius 1 is 1.21 bits per heavy atom. The molecule has 0 aromatic heterocycles. The van der Waals surface area contributed by atoms with Crippen LogP contribution < -0.4 is 4.89 Å². The highest BCUT2D eigenvalue weighted by Crippen LogP contribution is 2.14. The number of rotatable bonds is 3. The molecule has 0 heterocycles. The van der Waals surface area contributed by atoms with Gasteiger partial charge in [0.15, 0.2) is 0 Å². The fourth-order valence-corrected chi connectivity index (χ4v) is 1.93. The number of nitrogens with one attached hydrogen (secondary N) is 1. The zero-order valence-corrected chi connectivity index (χ0v) is 9.18. The molecule has 0 saturated carbocycles. The lowest BCUT2D eigenvalue weighted by molar-refractivity contribution is 0.153. The molecule has 0 radical (unpaired) electrons. The average Bonchev–Trinajstić information content (AvgIpc) is 2.09. The van der Waals surface area contributed by atoms with Crippen LogP contribution in [0.4, 0.5) is 0 Å². The van der Waals surface area contributed by atoms with E-state index < -0.39 is 10.0 Å². The lowest BCUT2D eigenvalue weighted by Crippen LogP contribution is -2.22. The van der Waals surface area contributed by atoms with Gasteiger partial charge in [-0.05, 0) is 37.1 Å². The van der Waals surface area contributed by atoms with Gasteiger partial charge in [-0.25, -0.2) is 8.42 Å². The Kier molecular flexibility index (Phi) is 3.25. The predicted octanol–water partition coefficient (Wildman–Crippen LogP) is 1.14. The van der Waals surface area contributed by atoms with E-state index in [1.54, 1.807) is 18.2 Å². The van der Waals surface area contributed by atoms with E-state index in [0.717, 1.165) is 11.1 Å². The van der Waals surface area contributed by atoms with E-state index in [2.05, 4.69) is 4.84 Å². The van der Waals surface area contributed by atoms with Gasteiger partial charge < -0.3 is 0 Å². The van der Waals surface area contributed by atoms with Crippen LogP contribution in [0.25, 0.3) is 0 Å². The van der Waals surface area contributed by atoms with Crippen LogP contribution in [-0.4, -0.2) is 15.5 Å². The molecular formula is C9H13NO3S. The SMILES string of the molecule is CONS(=O)(=O)c1ccc(C)c(C)c1. The van der Waals surface area contributed by atoms with Gasteiger partial charge in [-0.15, -0.1) is 0 Å². The molecule has 0 fully saturated rings. The summed E-state index contributed by atoms with van der Waals surface area (Å²) in [6.07, 6.45) is 0. The number of benzene rings is 1. The molecule has 0 atom stereocenters. The highest BCUT2D eigenvalue weighted by molar-refractivity contribution is 7.89. The first-order valence-electron chi connectivity index (χ1n) is 4.09. The molecule has 0 aliphatic carbocycles. The molecular weight excluding hydrogens is 202 g/mol. The van der Waals surface area contributed by atoms with Crippen molar-refractivity contribution in [2.24, 2.45) is 0 Å². The number of hydrogen-bond acceptors (Lipinski definition) is 3. The van der Waals surface area contributed by atoms with E-state index in [1.807, 2.05) is 18.7 Å². The Hall–Kier alpha value is -0.910. The van der Waals surface area contributed by atoms with Crippen LogP contribution in [0.5, 0.6) is 0 Å². The molecule has 78 valence electrons. The topological polar surface area (TPSA) is 55.4 Å². The fourth-order valence-electron chi connectivity index (χ4n) is 1.04. The second-order valence-electron chi connectivity index (χ2n) is 3.04. The lowest BCUT2D eigenvalue weighted by atomic mass is 10.1. The van der Waals surface area contributed by atoms with E-state index in [1.165, 1.54) is 7.11 Å². The number of hydrogen-bond donors (Lipinski definition) is 1. The maximum atomic E-state index is 11.5. The van der Waals surface area contributed by atoms with Crippen molar-refractivity contribution in [1.29, 1.82) is 0 Å². The molecule has 0 unspecified atom stereocenters. The van der Waals surface area contributed by atoms with Crippen LogP contribution in [-0.2, 0) is 14.9 Å². The van der Waals surface area contributed by atoms with Gasteiger partial charge in [0.2, 0.25) is 0 Å². The summed E-state index contributed by atoms with van der Waals surface area (Å²) < 4.78 is 22.9. The van der Waals surface area contributed by atoms with Gasteiger partial charge in [0, 0.05) is 0 Å². The van der Waals surface area contributed by atoms with Crippen LogP contribution in [0.3, 0.4) is 0 Å². The van der Waals surface area contributed by atoms with Crippen LogP contribution in [0.2, 0.25) is 0 Å². The van der Waals surface area contributed by atoms with E-state index in [0.29, 0.717) is 0 Å². The quantitative estimate of drug-likeness (QED) is 0.769. The molecule has 1 N–H and O–H groups in total. The molecule has 4 nitrogen and oxygen atoms in total. The number of sulfonamides is 1. The van der Waals surface area contributed by atoms with Crippen molar-refractivity contribution in [1.82, 2.24) is 4.89 Å². The van der Waals surface area contributed by atoms with E-state index >= 15 is 0 Å². The molecule has 0 aliphatic rings. The summed E-state index contributed by atoms with van der Waals surface area (Å²) in [5, 5.41) is 0. The Balaban J connectivity index is 3.15. The molecule has 1 rings (SSSR count). The molecule has 0 amide bonds. The third kappa shape index (κ3) is 2.31. The molecule has 0 aliphatic heterocycles. The Bertz CT molecular complexity index is 426. The smallest absolute Gasteiger partial charge is 0.262 e. The third-order valence-electron chi connectivity index (χ3n) is 1.98. The minimum atomic E-state index is -3.52. The van der Waals surface area contributed by atoms with E-state index in [9.17, 15) is 8.42 Å². The summed E-state index contributed by atoms with van der Waals surface area (Å²) in [7, 11) is -2.26. The fraction of sp³-hybridized carbons (Fsp3) is 0.333. The van der Waals surface area contributed by atoms with Gasteiger partial charge in [0.25, 0.3) is 10.0 Å². The highest BCUT2D eigenvalue weighted by atomic mass is 32.2. The zero-order chi connectivity index (χ0) is 10.8. The largest absolute Gasteiger partial charge is 0.290 e. The van der Waals surface area contributed by atoms with Crippen molar-refractivity contribution in [2.75, 3.05) is 7.11 Å². The van der Waals surface area contributed by atoms with Crippen molar-refractivity contribution in [2.45, 2.75) is 18.7 Å². The zero-order valence-electron chi connectivity index (χ0n) is 8.37. The van der Waals surface area contributed by atoms with Crippen LogP contribution >= 0.6 is 0 Å². The Morgan fingerprint density at radius 2 is 1.86 bits per heavy atom.